The van der Waals surface area contributed by atoms with E-state index in [1.165, 1.54) is 12.8 Å². The Hall–Kier alpha value is -0.610. The van der Waals surface area contributed by atoms with E-state index >= 15 is 0 Å². The van der Waals surface area contributed by atoms with Gasteiger partial charge in [-0.25, -0.2) is 0 Å². The van der Waals surface area contributed by atoms with Crippen LogP contribution in [-0.4, -0.2) is 42.3 Å². The van der Waals surface area contributed by atoms with Gasteiger partial charge in [0.1, 0.15) is 0 Å². The summed E-state index contributed by atoms with van der Waals surface area (Å²) < 4.78 is 5.62. The SMILES string of the molecule is CCC1NC2(CCCC2)C(=O)N1CCCOCC(C)C. The molecule has 1 aliphatic carbocycles. The van der Waals surface area contributed by atoms with Crippen LogP contribution in [0.4, 0.5) is 0 Å². The molecular weight excluding hydrogens is 252 g/mol. The molecule has 0 aromatic rings. The van der Waals surface area contributed by atoms with Crippen LogP contribution < -0.4 is 5.32 Å². The third-order valence-corrected chi connectivity index (χ3v) is 4.47. The average Bonchev–Trinajstić information content (AvgIpc) is 2.98. The Bertz CT molecular complexity index is 324. The van der Waals surface area contributed by atoms with E-state index in [0.29, 0.717) is 11.8 Å². The molecule has 0 aromatic heterocycles. The Morgan fingerprint density at radius 2 is 2.10 bits per heavy atom. The fourth-order valence-electron chi connectivity index (χ4n) is 3.45. The Labute approximate surface area is 123 Å². The Kier molecular flexibility index (Phi) is 5.44. The first-order valence-electron chi connectivity index (χ1n) is 8.25. The van der Waals surface area contributed by atoms with Gasteiger partial charge in [-0.15, -0.1) is 0 Å². The van der Waals surface area contributed by atoms with Crippen molar-refractivity contribution in [2.75, 3.05) is 19.8 Å². The van der Waals surface area contributed by atoms with E-state index in [-0.39, 0.29) is 11.7 Å². The second-order valence-electron chi connectivity index (χ2n) is 6.68. The fourth-order valence-corrected chi connectivity index (χ4v) is 3.45. The minimum absolute atomic E-state index is 0.223. The molecule has 20 heavy (non-hydrogen) atoms. The summed E-state index contributed by atoms with van der Waals surface area (Å²) in [7, 11) is 0. The van der Waals surface area contributed by atoms with Crippen LogP contribution in [0.5, 0.6) is 0 Å². The van der Waals surface area contributed by atoms with Crippen molar-refractivity contribution in [3.05, 3.63) is 0 Å². The minimum Gasteiger partial charge on any atom is -0.381 e. The first kappa shape index (κ1) is 15.8. The van der Waals surface area contributed by atoms with Crippen molar-refractivity contribution >= 4 is 5.91 Å². The van der Waals surface area contributed by atoms with E-state index in [1.807, 2.05) is 0 Å². The second kappa shape index (κ2) is 6.90. The Morgan fingerprint density at radius 1 is 1.40 bits per heavy atom. The molecular formula is C16H30N2O2. The van der Waals surface area contributed by atoms with Gasteiger partial charge >= 0.3 is 0 Å². The van der Waals surface area contributed by atoms with Gasteiger partial charge < -0.3 is 9.64 Å². The molecule has 1 saturated heterocycles. The van der Waals surface area contributed by atoms with Gasteiger partial charge in [0, 0.05) is 19.8 Å². The maximum absolute atomic E-state index is 12.7. The van der Waals surface area contributed by atoms with Gasteiger partial charge in [0.25, 0.3) is 0 Å². The number of ether oxygens (including phenoxy) is 1. The summed E-state index contributed by atoms with van der Waals surface area (Å²) >= 11 is 0. The van der Waals surface area contributed by atoms with Crippen LogP contribution in [0.3, 0.4) is 0 Å². The van der Waals surface area contributed by atoms with Crippen molar-refractivity contribution in [2.24, 2.45) is 5.92 Å². The van der Waals surface area contributed by atoms with Crippen molar-refractivity contribution in [1.29, 1.82) is 0 Å². The minimum atomic E-state index is -0.223. The van der Waals surface area contributed by atoms with E-state index in [9.17, 15) is 4.79 Å². The first-order valence-corrected chi connectivity index (χ1v) is 8.25. The summed E-state index contributed by atoms with van der Waals surface area (Å²) in [4.78, 5) is 14.8. The number of nitrogens with one attached hydrogen (secondary N) is 1. The zero-order valence-corrected chi connectivity index (χ0v) is 13.3. The predicted molar refractivity (Wildman–Crippen MR) is 80.4 cm³/mol. The van der Waals surface area contributed by atoms with Gasteiger partial charge in [-0.3, -0.25) is 10.1 Å². The summed E-state index contributed by atoms with van der Waals surface area (Å²) in [6, 6.07) is 0. The molecule has 4 nitrogen and oxygen atoms in total. The first-order chi connectivity index (χ1) is 9.59. The normalized spacial score (nSPS) is 25.3. The summed E-state index contributed by atoms with van der Waals surface area (Å²) in [5, 5.41) is 3.61. The highest BCUT2D eigenvalue weighted by Gasteiger charge is 2.51. The number of hydrogen-bond acceptors (Lipinski definition) is 3. The van der Waals surface area contributed by atoms with E-state index < -0.39 is 0 Å². The largest absolute Gasteiger partial charge is 0.381 e. The zero-order valence-electron chi connectivity index (χ0n) is 13.3. The second-order valence-corrected chi connectivity index (χ2v) is 6.68. The standard InChI is InChI=1S/C16H30N2O2/c1-4-14-17-16(8-5-6-9-16)15(19)18(14)10-7-11-20-12-13(2)3/h13-14,17H,4-12H2,1-3H3. The Balaban J connectivity index is 1.81. The summed E-state index contributed by atoms with van der Waals surface area (Å²) in [5.41, 5.74) is -0.223. The van der Waals surface area contributed by atoms with Crippen molar-refractivity contribution in [2.45, 2.75) is 71.0 Å². The number of rotatable bonds is 7. The predicted octanol–water partition coefficient (Wildman–Crippen LogP) is 2.53. The molecule has 1 N–H and O–H groups in total. The quantitative estimate of drug-likeness (QED) is 0.730. The highest BCUT2D eigenvalue weighted by atomic mass is 16.5. The number of carbonyl (C=O) groups is 1. The molecule has 1 saturated carbocycles. The van der Waals surface area contributed by atoms with Crippen LogP contribution in [0.25, 0.3) is 0 Å². The van der Waals surface area contributed by atoms with Crippen molar-refractivity contribution in [3.8, 4) is 0 Å². The molecule has 2 rings (SSSR count). The average molecular weight is 282 g/mol. The third-order valence-electron chi connectivity index (χ3n) is 4.47. The third kappa shape index (κ3) is 3.34. The lowest BCUT2D eigenvalue weighted by Crippen LogP contribution is -2.44. The van der Waals surface area contributed by atoms with E-state index in [4.69, 9.17) is 4.74 Å². The number of carbonyl (C=O) groups excluding carboxylic acids is 1. The van der Waals surface area contributed by atoms with E-state index in [1.54, 1.807) is 0 Å². The number of amides is 1. The van der Waals surface area contributed by atoms with Crippen LogP contribution in [0, 0.1) is 5.92 Å². The highest BCUT2D eigenvalue weighted by molar-refractivity contribution is 5.89. The molecule has 2 aliphatic rings. The van der Waals surface area contributed by atoms with Crippen LogP contribution in [0.2, 0.25) is 0 Å². The van der Waals surface area contributed by atoms with Crippen molar-refractivity contribution < 1.29 is 9.53 Å². The zero-order chi connectivity index (χ0) is 14.6. The van der Waals surface area contributed by atoms with Crippen LogP contribution in [-0.2, 0) is 9.53 Å². The molecule has 2 fully saturated rings. The molecule has 1 heterocycles. The molecule has 1 spiro atoms. The van der Waals surface area contributed by atoms with Crippen LogP contribution in [0.15, 0.2) is 0 Å². The van der Waals surface area contributed by atoms with Crippen molar-refractivity contribution in [3.63, 3.8) is 0 Å². The Morgan fingerprint density at radius 3 is 2.70 bits per heavy atom. The molecule has 0 radical (unpaired) electrons. The maximum Gasteiger partial charge on any atom is 0.244 e. The summed E-state index contributed by atoms with van der Waals surface area (Å²) in [6.07, 6.45) is 6.55. The fraction of sp³-hybridized carbons (Fsp3) is 0.938. The maximum atomic E-state index is 12.7. The van der Waals surface area contributed by atoms with Gasteiger partial charge in [0.2, 0.25) is 5.91 Å². The lowest BCUT2D eigenvalue weighted by Gasteiger charge is -2.23. The highest BCUT2D eigenvalue weighted by Crippen LogP contribution is 2.36. The molecule has 1 amide bonds. The lowest BCUT2D eigenvalue weighted by molar-refractivity contribution is -0.133. The smallest absolute Gasteiger partial charge is 0.244 e. The van der Waals surface area contributed by atoms with Crippen LogP contribution >= 0.6 is 0 Å². The molecule has 1 aliphatic heterocycles. The van der Waals surface area contributed by atoms with E-state index in [2.05, 4.69) is 31.0 Å². The molecule has 1 atom stereocenters. The monoisotopic (exact) mass is 282 g/mol. The molecule has 4 heteroatoms. The summed E-state index contributed by atoms with van der Waals surface area (Å²) in [5.74, 6) is 0.918. The van der Waals surface area contributed by atoms with Gasteiger partial charge in [-0.2, -0.15) is 0 Å². The molecule has 0 bridgehead atoms. The lowest BCUT2D eigenvalue weighted by atomic mass is 9.98. The van der Waals surface area contributed by atoms with Crippen LogP contribution in [0.1, 0.15) is 59.3 Å². The molecule has 116 valence electrons. The van der Waals surface area contributed by atoms with Crippen molar-refractivity contribution in [1.82, 2.24) is 10.2 Å². The number of hydrogen-bond donors (Lipinski definition) is 1. The van der Waals surface area contributed by atoms with Gasteiger partial charge in [0.15, 0.2) is 0 Å². The topological polar surface area (TPSA) is 41.6 Å². The van der Waals surface area contributed by atoms with Gasteiger partial charge in [-0.05, 0) is 31.6 Å². The molecule has 1 unspecified atom stereocenters. The van der Waals surface area contributed by atoms with Gasteiger partial charge in [0.05, 0.1) is 11.7 Å². The summed E-state index contributed by atoms with van der Waals surface area (Å²) in [6.45, 7) is 8.86. The van der Waals surface area contributed by atoms with Gasteiger partial charge in [-0.1, -0.05) is 33.6 Å². The molecule has 0 aromatic carbocycles. The van der Waals surface area contributed by atoms with E-state index in [0.717, 1.165) is 45.4 Å². The number of nitrogens with zero attached hydrogens (tertiary/aromatic N) is 1.